The Hall–Kier alpha value is -1.73. The van der Waals surface area contributed by atoms with Gasteiger partial charge in [-0.3, -0.25) is 15.0 Å². The van der Waals surface area contributed by atoms with Crippen molar-refractivity contribution >= 4 is 46.2 Å². The third kappa shape index (κ3) is 3.08. The fourth-order valence-corrected chi connectivity index (χ4v) is 7.10. The molecule has 0 unspecified atom stereocenters. The van der Waals surface area contributed by atoms with Crippen molar-refractivity contribution in [1.29, 1.82) is 0 Å². The van der Waals surface area contributed by atoms with Crippen LogP contribution in [0.5, 0.6) is 0 Å². The Kier molecular flexibility index (Phi) is 4.36. The second kappa shape index (κ2) is 6.66. The highest BCUT2D eigenvalue weighted by atomic mass is 32.2. The number of carbonyl (C=O) groups is 2. The van der Waals surface area contributed by atoms with Gasteiger partial charge < -0.3 is 0 Å². The van der Waals surface area contributed by atoms with Crippen molar-refractivity contribution in [3.05, 3.63) is 40.6 Å². The third-order valence-corrected chi connectivity index (χ3v) is 7.98. The maximum absolute atomic E-state index is 13.4. The van der Waals surface area contributed by atoms with Crippen molar-refractivity contribution < 1.29 is 14.0 Å². The van der Waals surface area contributed by atoms with Crippen molar-refractivity contribution in [2.24, 2.45) is 23.2 Å². The van der Waals surface area contributed by atoms with Gasteiger partial charge in [0.2, 0.25) is 5.91 Å². The van der Waals surface area contributed by atoms with Crippen LogP contribution in [0.4, 0.5) is 4.39 Å². The first-order valence-electron chi connectivity index (χ1n) is 9.76. The lowest BCUT2D eigenvalue weighted by Crippen LogP contribution is -2.57. The molecule has 1 aliphatic heterocycles. The number of hydrogen-bond donors (Lipinski definition) is 1. The van der Waals surface area contributed by atoms with Crippen LogP contribution in [0.15, 0.2) is 29.2 Å². The summed E-state index contributed by atoms with van der Waals surface area (Å²) in [5, 5.41) is 1.20. The lowest BCUT2D eigenvalue weighted by atomic mass is 9.49. The van der Waals surface area contributed by atoms with E-state index < -0.39 is 0 Å². The quantitative estimate of drug-likeness (QED) is 0.590. The lowest BCUT2D eigenvalue weighted by molar-refractivity contribution is -0.152. The number of benzene rings is 1. The van der Waals surface area contributed by atoms with Crippen LogP contribution >= 0.6 is 24.0 Å². The zero-order chi connectivity index (χ0) is 19.5. The van der Waals surface area contributed by atoms with E-state index in [-0.39, 0.29) is 23.0 Å². The summed E-state index contributed by atoms with van der Waals surface area (Å²) >= 11 is 6.47. The number of thiocarbonyl (C=S) groups is 1. The van der Waals surface area contributed by atoms with Crippen molar-refractivity contribution in [3.63, 3.8) is 0 Å². The van der Waals surface area contributed by atoms with Crippen LogP contribution in [-0.2, 0) is 9.59 Å². The summed E-state index contributed by atoms with van der Waals surface area (Å²) < 4.78 is 13.7. The van der Waals surface area contributed by atoms with Crippen LogP contribution in [0.25, 0.3) is 6.08 Å². The van der Waals surface area contributed by atoms with Gasteiger partial charge in [-0.25, -0.2) is 4.39 Å². The highest BCUT2D eigenvalue weighted by Gasteiger charge is 2.55. The zero-order valence-corrected chi connectivity index (χ0v) is 17.0. The summed E-state index contributed by atoms with van der Waals surface area (Å²) in [6, 6.07) is 6.04. The molecule has 4 aliphatic carbocycles. The Bertz CT molecular complexity index is 878. The van der Waals surface area contributed by atoms with Crippen LogP contribution < -0.4 is 5.43 Å². The summed E-state index contributed by atoms with van der Waals surface area (Å²) in [4.78, 5) is 26.4. The van der Waals surface area contributed by atoms with E-state index in [1.54, 1.807) is 18.2 Å². The van der Waals surface area contributed by atoms with Gasteiger partial charge in [0.25, 0.3) is 5.91 Å². The Morgan fingerprint density at radius 2 is 1.86 bits per heavy atom. The normalized spacial score (nSPS) is 35.1. The molecule has 6 rings (SSSR count). The van der Waals surface area contributed by atoms with Gasteiger partial charge in [-0.05, 0) is 92.3 Å². The molecule has 0 radical (unpaired) electrons. The van der Waals surface area contributed by atoms with Gasteiger partial charge in [-0.15, -0.1) is 0 Å². The van der Waals surface area contributed by atoms with E-state index in [1.807, 2.05) is 0 Å². The van der Waals surface area contributed by atoms with Gasteiger partial charge in [0, 0.05) is 0 Å². The molecule has 4 saturated carbocycles. The van der Waals surface area contributed by atoms with E-state index in [4.69, 9.17) is 12.2 Å². The largest absolute Gasteiger partial charge is 0.285 e. The van der Waals surface area contributed by atoms with Crippen molar-refractivity contribution in [2.75, 3.05) is 0 Å². The Labute approximate surface area is 172 Å². The van der Waals surface area contributed by atoms with E-state index in [9.17, 15) is 14.0 Å². The highest BCUT2D eigenvalue weighted by Crippen LogP contribution is 2.60. The van der Waals surface area contributed by atoms with Crippen molar-refractivity contribution in [2.45, 2.75) is 38.5 Å². The molecular weight excluding hydrogens is 395 g/mol. The first-order valence-corrected chi connectivity index (χ1v) is 11.0. The van der Waals surface area contributed by atoms with Crippen LogP contribution in [0.3, 0.4) is 0 Å². The van der Waals surface area contributed by atoms with Gasteiger partial charge >= 0.3 is 0 Å². The van der Waals surface area contributed by atoms with Crippen molar-refractivity contribution in [3.8, 4) is 0 Å². The molecule has 146 valence electrons. The number of amides is 2. The van der Waals surface area contributed by atoms with Crippen LogP contribution in [0.2, 0.25) is 0 Å². The minimum atomic E-state index is -0.362. The molecule has 1 heterocycles. The number of rotatable bonds is 3. The summed E-state index contributed by atoms with van der Waals surface area (Å²) in [7, 11) is 0. The second-order valence-electron chi connectivity index (χ2n) is 8.71. The number of nitrogens with one attached hydrogen (secondary N) is 1. The standard InChI is InChI=1S/C21H21FN2O2S2/c22-16-3-1-2-12(7-16)8-17-18(25)24(20(27)28-17)23-19(26)21-9-13-4-14(10-21)6-15(5-13)11-21/h1-3,7-8,13-15H,4-6,9-11H2,(H,23,26)/b17-8+. The Balaban J connectivity index is 1.34. The van der Waals surface area contributed by atoms with E-state index in [0.717, 1.165) is 31.0 Å². The fourth-order valence-electron chi connectivity index (χ4n) is 5.92. The number of hydrogen-bond acceptors (Lipinski definition) is 4. The zero-order valence-electron chi connectivity index (χ0n) is 15.3. The molecule has 0 atom stereocenters. The minimum Gasteiger partial charge on any atom is -0.273 e. The van der Waals surface area contributed by atoms with Crippen LogP contribution in [0.1, 0.15) is 44.1 Å². The average molecular weight is 417 g/mol. The van der Waals surface area contributed by atoms with E-state index in [2.05, 4.69) is 5.43 Å². The van der Waals surface area contributed by atoms with Gasteiger partial charge in [-0.2, -0.15) is 5.01 Å². The van der Waals surface area contributed by atoms with Crippen molar-refractivity contribution in [1.82, 2.24) is 10.4 Å². The predicted molar refractivity (Wildman–Crippen MR) is 110 cm³/mol. The van der Waals surface area contributed by atoms with Crippen LogP contribution in [0, 0.1) is 29.0 Å². The predicted octanol–water partition coefficient (Wildman–Crippen LogP) is 4.27. The van der Waals surface area contributed by atoms with Gasteiger partial charge in [0.05, 0.1) is 10.3 Å². The van der Waals surface area contributed by atoms with E-state index >= 15 is 0 Å². The van der Waals surface area contributed by atoms with E-state index in [1.165, 1.54) is 36.4 Å². The monoisotopic (exact) mass is 416 g/mol. The number of hydrazine groups is 1. The molecule has 4 nitrogen and oxygen atoms in total. The van der Waals surface area contributed by atoms with Gasteiger partial charge in [0.1, 0.15) is 5.82 Å². The van der Waals surface area contributed by atoms with Crippen LogP contribution in [-0.4, -0.2) is 21.1 Å². The minimum absolute atomic E-state index is 0.0603. The number of carbonyl (C=O) groups excluding carboxylic acids is 2. The number of nitrogens with zero attached hydrogens (tertiary/aromatic N) is 1. The maximum atomic E-state index is 13.4. The second-order valence-corrected chi connectivity index (χ2v) is 10.4. The first-order chi connectivity index (χ1) is 13.4. The maximum Gasteiger partial charge on any atom is 0.285 e. The number of thioether (sulfide) groups is 1. The molecule has 7 heteroatoms. The third-order valence-electron chi connectivity index (χ3n) is 6.67. The Morgan fingerprint density at radius 3 is 2.46 bits per heavy atom. The molecule has 1 saturated heterocycles. The molecule has 4 bridgehead atoms. The van der Waals surface area contributed by atoms with E-state index in [0.29, 0.717) is 32.5 Å². The smallest absolute Gasteiger partial charge is 0.273 e. The SMILES string of the molecule is O=C1/C(=C\c2cccc(F)c2)SC(=S)N1NC(=O)C12CC3CC(CC(C3)C1)C2. The summed E-state index contributed by atoms with van der Waals surface area (Å²) in [5.41, 5.74) is 3.08. The molecule has 0 spiro atoms. The van der Waals surface area contributed by atoms with Gasteiger partial charge in [-0.1, -0.05) is 23.9 Å². The Morgan fingerprint density at radius 1 is 1.21 bits per heavy atom. The first kappa shape index (κ1) is 18.3. The molecule has 1 aromatic rings. The topological polar surface area (TPSA) is 49.4 Å². The molecular formula is C21H21FN2O2S2. The molecule has 1 N–H and O–H groups in total. The molecule has 0 aromatic heterocycles. The summed E-state index contributed by atoms with van der Waals surface area (Å²) in [6.45, 7) is 0. The number of halogens is 1. The molecule has 2 amide bonds. The molecule has 28 heavy (non-hydrogen) atoms. The summed E-state index contributed by atoms with van der Waals surface area (Å²) in [6.07, 6.45) is 8.16. The van der Waals surface area contributed by atoms with Gasteiger partial charge in [0.15, 0.2) is 4.32 Å². The highest BCUT2D eigenvalue weighted by molar-refractivity contribution is 8.26. The molecule has 5 fully saturated rings. The molecule has 1 aromatic carbocycles. The summed E-state index contributed by atoms with van der Waals surface area (Å²) in [5.74, 6) is 1.18. The fraction of sp³-hybridized carbons (Fsp3) is 0.476. The molecule has 5 aliphatic rings. The average Bonchev–Trinajstić information content (AvgIpc) is 2.88. The lowest BCUT2D eigenvalue weighted by Gasteiger charge is -2.55.